The van der Waals surface area contributed by atoms with Gasteiger partial charge < -0.3 is 14.8 Å². The number of para-hydroxylation sites is 1. The van der Waals surface area contributed by atoms with E-state index in [4.69, 9.17) is 9.47 Å². The number of morpholine rings is 1. The van der Waals surface area contributed by atoms with E-state index in [9.17, 15) is 18.0 Å². The minimum Gasteiger partial charge on any atom is -0.449 e. The Kier molecular flexibility index (Phi) is 7.64. The van der Waals surface area contributed by atoms with Gasteiger partial charge >= 0.3 is 5.97 Å². The first-order valence-electron chi connectivity index (χ1n) is 12.3. The van der Waals surface area contributed by atoms with Crippen LogP contribution in [0.5, 0.6) is 0 Å². The number of benzene rings is 2. The minimum absolute atomic E-state index is 0.121. The number of nitrogens with one attached hydrogen (secondary N) is 1. The number of anilines is 1. The fourth-order valence-electron chi connectivity index (χ4n) is 4.16. The zero-order valence-corrected chi connectivity index (χ0v) is 21.9. The number of carbonyl (C=O) groups excluding carboxylic acids is 2. The van der Waals surface area contributed by atoms with Gasteiger partial charge in [0.2, 0.25) is 10.0 Å². The average molecular weight is 547 g/mol. The number of fused-ring (bicyclic) bond motifs is 1. The van der Waals surface area contributed by atoms with Crippen molar-refractivity contribution in [3.8, 4) is 11.4 Å². The van der Waals surface area contributed by atoms with E-state index in [1.165, 1.54) is 35.5 Å². The minimum atomic E-state index is -3.65. The summed E-state index contributed by atoms with van der Waals surface area (Å²) in [6.45, 7) is 2.75. The maximum atomic E-state index is 13.2. The van der Waals surface area contributed by atoms with Crippen molar-refractivity contribution >= 4 is 38.5 Å². The van der Waals surface area contributed by atoms with E-state index in [0.717, 1.165) is 0 Å². The van der Waals surface area contributed by atoms with Gasteiger partial charge in [-0.25, -0.2) is 18.2 Å². The van der Waals surface area contributed by atoms with Crippen LogP contribution in [0.25, 0.3) is 22.3 Å². The van der Waals surface area contributed by atoms with Crippen LogP contribution in [-0.2, 0) is 24.3 Å². The van der Waals surface area contributed by atoms with E-state index >= 15 is 0 Å². The molecule has 1 fully saturated rings. The molecule has 0 saturated carbocycles. The number of carbonyl (C=O) groups is 2. The fourth-order valence-corrected chi connectivity index (χ4v) is 5.57. The Bertz CT molecular complexity index is 1600. The van der Waals surface area contributed by atoms with Crippen LogP contribution in [0.15, 0.2) is 83.9 Å². The highest BCUT2D eigenvalue weighted by atomic mass is 32.2. The molecule has 0 spiro atoms. The summed E-state index contributed by atoms with van der Waals surface area (Å²) < 4.78 is 37.7. The molecule has 1 N–H and O–H groups in total. The van der Waals surface area contributed by atoms with Crippen LogP contribution in [0.1, 0.15) is 17.3 Å². The Morgan fingerprint density at radius 3 is 2.41 bits per heavy atom. The van der Waals surface area contributed by atoms with Crippen molar-refractivity contribution in [1.82, 2.24) is 14.3 Å². The van der Waals surface area contributed by atoms with Crippen LogP contribution in [0.4, 0.5) is 5.69 Å². The van der Waals surface area contributed by atoms with Crippen molar-refractivity contribution in [3.05, 3.63) is 84.6 Å². The second-order valence-corrected chi connectivity index (χ2v) is 10.8. The quantitative estimate of drug-likeness (QED) is 0.349. The summed E-state index contributed by atoms with van der Waals surface area (Å²) in [4.78, 5) is 35.0. The number of hydrogen-bond donors (Lipinski definition) is 1. The molecule has 11 heteroatoms. The third-order valence-electron chi connectivity index (χ3n) is 6.25. The summed E-state index contributed by atoms with van der Waals surface area (Å²) in [6, 6.07) is 20.0. The number of esters is 1. The second kappa shape index (κ2) is 11.3. The molecule has 5 rings (SSSR count). The van der Waals surface area contributed by atoms with Crippen molar-refractivity contribution < 1.29 is 27.5 Å². The van der Waals surface area contributed by atoms with Crippen molar-refractivity contribution in [2.75, 3.05) is 31.6 Å². The van der Waals surface area contributed by atoms with Gasteiger partial charge in [0.05, 0.1) is 40.6 Å². The Labute approximate surface area is 225 Å². The molecule has 0 bridgehead atoms. The largest absolute Gasteiger partial charge is 0.449 e. The van der Waals surface area contributed by atoms with Gasteiger partial charge in [0.1, 0.15) is 0 Å². The normalized spacial score (nSPS) is 15.0. The molecule has 0 unspecified atom stereocenters. The van der Waals surface area contributed by atoms with Gasteiger partial charge in [0, 0.05) is 30.4 Å². The third kappa shape index (κ3) is 5.80. The SMILES string of the molecule is C[C@H](OC(=O)c1cc(-c2ccccn2)nc2ccccc12)C(=O)Nc1ccc(S(=O)(=O)N2CCOCC2)cc1. The van der Waals surface area contributed by atoms with Crippen LogP contribution in [0.2, 0.25) is 0 Å². The van der Waals surface area contributed by atoms with E-state index in [0.29, 0.717) is 54.3 Å². The van der Waals surface area contributed by atoms with Crippen LogP contribution in [0, 0.1) is 0 Å². The first kappa shape index (κ1) is 26.4. The molecule has 200 valence electrons. The molecule has 39 heavy (non-hydrogen) atoms. The lowest BCUT2D eigenvalue weighted by Gasteiger charge is -2.26. The van der Waals surface area contributed by atoms with Crippen LogP contribution in [-0.4, -0.2) is 67.0 Å². The van der Waals surface area contributed by atoms with Gasteiger partial charge in [-0.1, -0.05) is 24.3 Å². The van der Waals surface area contributed by atoms with Gasteiger partial charge in [-0.05, 0) is 55.5 Å². The van der Waals surface area contributed by atoms with E-state index in [1.807, 2.05) is 12.1 Å². The standard InChI is InChI=1S/C28H26N4O6S/c1-19(27(33)30-20-9-11-21(12-10-20)39(35,36)32-14-16-37-17-15-32)38-28(34)23-18-26(25-8-4-5-13-29-25)31-24-7-3-2-6-22(23)24/h2-13,18-19H,14-17H2,1H3,(H,30,33)/t19-/m0/s1. The highest BCUT2D eigenvalue weighted by Crippen LogP contribution is 2.25. The van der Waals surface area contributed by atoms with Crippen molar-refractivity contribution in [1.29, 1.82) is 0 Å². The predicted octanol–water partition coefficient (Wildman–Crippen LogP) is 3.50. The van der Waals surface area contributed by atoms with Gasteiger partial charge in [0.15, 0.2) is 6.10 Å². The molecule has 0 radical (unpaired) electrons. The lowest BCUT2D eigenvalue weighted by atomic mass is 10.1. The van der Waals surface area contributed by atoms with E-state index in [2.05, 4.69) is 15.3 Å². The van der Waals surface area contributed by atoms with Crippen molar-refractivity contribution in [2.24, 2.45) is 0 Å². The number of hydrogen-bond acceptors (Lipinski definition) is 8. The zero-order chi connectivity index (χ0) is 27.4. The monoisotopic (exact) mass is 546 g/mol. The molecule has 3 heterocycles. The van der Waals surface area contributed by atoms with Crippen LogP contribution >= 0.6 is 0 Å². The van der Waals surface area contributed by atoms with Crippen molar-refractivity contribution in [2.45, 2.75) is 17.9 Å². The topological polar surface area (TPSA) is 128 Å². The Morgan fingerprint density at radius 1 is 0.974 bits per heavy atom. The molecule has 1 saturated heterocycles. The first-order chi connectivity index (χ1) is 18.8. The smallest absolute Gasteiger partial charge is 0.339 e. The maximum Gasteiger partial charge on any atom is 0.339 e. The molecule has 1 aliphatic heterocycles. The number of pyridine rings is 2. The lowest BCUT2D eigenvalue weighted by molar-refractivity contribution is -0.123. The summed E-state index contributed by atoms with van der Waals surface area (Å²) in [6.07, 6.45) is 0.515. The molecule has 4 aromatic rings. The molecule has 1 atom stereocenters. The Hall–Kier alpha value is -4.19. The number of ether oxygens (including phenoxy) is 2. The molecule has 1 aliphatic rings. The van der Waals surface area contributed by atoms with Gasteiger partial charge in [-0.2, -0.15) is 4.31 Å². The summed E-state index contributed by atoms with van der Waals surface area (Å²) in [5, 5.41) is 3.25. The molecule has 0 aliphatic carbocycles. The number of aromatic nitrogens is 2. The molecule has 10 nitrogen and oxygen atoms in total. The Morgan fingerprint density at radius 2 is 1.69 bits per heavy atom. The summed E-state index contributed by atoms with van der Waals surface area (Å²) >= 11 is 0. The maximum absolute atomic E-state index is 13.2. The van der Waals surface area contributed by atoms with Crippen molar-refractivity contribution in [3.63, 3.8) is 0 Å². The molecular formula is C28H26N4O6S. The summed E-state index contributed by atoms with van der Waals surface area (Å²) in [7, 11) is -3.65. The summed E-state index contributed by atoms with van der Waals surface area (Å²) in [5.41, 5.74) is 2.33. The highest BCUT2D eigenvalue weighted by Gasteiger charge is 2.26. The predicted molar refractivity (Wildman–Crippen MR) is 145 cm³/mol. The number of sulfonamides is 1. The number of rotatable bonds is 7. The second-order valence-electron chi connectivity index (χ2n) is 8.86. The Balaban J connectivity index is 1.29. The van der Waals surface area contributed by atoms with E-state index in [-0.39, 0.29) is 10.5 Å². The highest BCUT2D eigenvalue weighted by molar-refractivity contribution is 7.89. The fraction of sp³-hybridized carbons (Fsp3) is 0.214. The summed E-state index contributed by atoms with van der Waals surface area (Å²) in [5.74, 6) is -1.24. The number of amides is 1. The zero-order valence-electron chi connectivity index (χ0n) is 21.1. The van der Waals surface area contributed by atoms with Gasteiger partial charge in [0.25, 0.3) is 5.91 Å². The first-order valence-corrected chi connectivity index (χ1v) is 13.8. The van der Waals surface area contributed by atoms with Crippen LogP contribution in [0.3, 0.4) is 0 Å². The number of nitrogens with zero attached hydrogens (tertiary/aromatic N) is 3. The van der Waals surface area contributed by atoms with E-state index < -0.39 is 28.0 Å². The average Bonchev–Trinajstić information content (AvgIpc) is 2.97. The van der Waals surface area contributed by atoms with Gasteiger partial charge in [-0.3, -0.25) is 9.78 Å². The van der Waals surface area contributed by atoms with E-state index in [1.54, 1.807) is 42.6 Å². The van der Waals surface area contributed by atoms with Crippen LogP contribution < -0.4 is 5.32 Å². The lowest BCUT2D eigenvalue weighted by Crippen LogP contribution is -2.40. The third-order valence-corrected chi connectivity index (χ3v) is 8.16. The molecule has 2 aromatic heterocycles. The molecule has 1 amide bonds. The molecular weight excluding hydrogens is 520 g/mol. The molecule has 2 aromatic carbocycles. The van der Waals surface area contributed by atoms with Gasteiger partial charge in [-0.15, -0.1) is 0 Å².